The van der Waals surface area contributed by atoms with Crippen molar-refractivity contribution in [3.63, 3.8) is 0 Å². The average molecular weight is 304 g/mol. The molecule has 0 aliphatic carbocycles. The Morgan fingerprint density at radius 1 is 1.24 bits per heavy atom. The van der Waals surface area contributed by atoms with E-state index >= 15 is 0 Å². The van der Waals surface area contributed by atoms with Gasteiger partial charge in [0, 0.05) is 10.4 Å². The number of hydrogen-bond donors (Lipinski definition) is 0. The quantitative estimate of drug-likeness (QED) is 0.627. The van der Waals surface area contributed by atoms with Crippen LogP contribution in [0.4, 0.5) is 0 Å². The SMILES string of the molecule is COc1ccc(OC(=O)Cc2cccs2)c(C(C)(C)C)c1. The van der Waals surface area contributed by atoms with Crippen LogP contribution in [0.25, 0.3) is 0 Å². The van der Waals surface area contributed by atoms with Crippen LogP contribution < -0.4 is 9.47 Å². The molecule has 0 bridgehead atoms. The molecule has 0 unspecified atom stereocenters. The van der Waals surface area contributed by atoms with Crippen molar-refractivity contribution in [2.75, 3.05) is 7.11 Å². The first-order valence-corrected chi connectivity index (χ1v) is 7.69. The summed E-state index contributed by atoms with van der Waals surface area (Å²) in [7, 11) is 1.63. The van der Waals surface area contributed by atoms with E-state index in [-0.39, 0.29) is 11.4 Å². The second-order valence-corrected chi connectivity index (χ2v) is 6.87. The van der Waals surface area contributed by atoms with Gasteiger partial charge < -0.3 is 9.47 Å². The molecule has 0 spiro atoms. The summed E-state index contributed by atoms with van der Waals surface area (Å²) in [6.45, 7) is 6.25. The number of hydrogen-bond acceptors (Lipinski definition) is 4. The molecule has 21 heavy (non-hydrogen) atoms. The molecule has 0 radical (unpaired) electrons. The van der Waals surface area contributed by atoms with Crippen LogP contribution in [0.3, 0.4) is 0 Å². The average Bonchev–Trinajstić information content (AvgIpc) is 2.90. The van der Waals surface area contributed by atoms with Crippen molar-refractivity contribution in [3.05, 3.63) is 46.2 Å². The lowest BCUT2D eigenvalue weighted by Gasteiger charge is -2.22. The van der Waals surface area contributed by atoms with Crippen LogP contribution in [0.2, 0.25) is 0 Å². The molecule has 0 saturated carbocycles. The number of esters is 1. The Labute approximate surface area is 129 Å². The van der Waals surface area contributed by atoms with Crippen molar-refractivity contribution in [2.24, 2.45) is 0 Å². The molecule has 0 saturated heterocycles. The largest absolute Gasteiger partial charge is 0.497 e. The Morgan fingerprint density at radius 2 is 2.00 bits per heavy atom. The second kappa shape index (κ2) is 6.31. The van der Waals surface area contributed by atoms with Gasteiger partial charge in [0.1, 0.15) is 11.5 Å². The standard InChI is InChI=1S/C17H20O3S/c1-17(2,3)14-10-12(19-4)7-8-15(14)20-16(18)11-13-6-5-9-21-13/h5-10H,11H2,1-4H3. The number of rotatable bonds is 4. The van der Waals surface area contributed by atoms with Gasteiger partial charge in [-0.2, -0.15) is 0 Å². The zero-order valence-electron chi connectivity index (χ0n) is 12.8. The van der Waals surface area contributed by atoms with E-state index in [1.54, 1.807) is 24.5 Å². The normalized spacial score (nSPS) is 11.2. The first-order chi connectivity index (χ1) is 9.90. The molecule has 1 heterocycles. The Bertz CT molecular complexity index is 609. The first-order valence-electron chi connectivity index (χ1n) is 6.82. The summed E-state index contributed by atoms with van der Waals surface area (Å²) in [5.41, 5.74) is 0.828. The van der Waals surface area contributed by atoms with Gasteiger partial charge in [0.15, 0.2) is 0 Å². The van der Waals surface area contributed by atoms with Gasteiger partial charge in [0.25, 0.3) is 0 Å². The minimum Gasteiger partial charge on any atom is -0.497 e. The molecule has 4 heteroatoms. The minimum absolute atomic E-state index is 0.132. The first kappa shape index (κ1) is 15.6. The maximum Gasteiger partial charge on any atom is 0.316 e. The summed E-state index contributed by atoms with van der Waals surface area (Å²) in [5.74, 6) is 1.12. The summed E-state index contributed by atoms with van der Waals surface area (Å²) in [6.07, 6.45) is 0.299. The number of benzene rings is 1. The molecular weight excluding hydrogens is 284 g/mol. The fourth-order valence-corrected chi connectivity index (χ4v) is 2.72. The number of carbonyl (C=O) groups is 1. The van der Waals surface area contributed by atoms with Gasteiger partial charge in [0.2, 0.25) is 0 Å². The van der Waals surface area contributed by atoms with Crippen LogP contribution in [0, 0.1) is 0 Å². The third kappa shape index (κ3) is 4.08. The van der Waals surface area contributed by atoms with E-state index in [9.17, 15) is 4.79 Å². The van der Waals surface area contributed by atoms with Crippen molar-refractivity contribution < 1.29 is 14.3 Å². The van der Waals surface area contributed by atoms with Crippen LogP contribution in [0.5, 0.6) is 11.5 Å². The lowest BCUT2D eigenvalue weighted by Crippen LogP contribution is -2.17. The van der Waals surface area contributed by atoms with Crippen molar-refractivity contribution in [2.45, 2.75) is 32.6 Å². The fourth-order valence-electron chi connectivity index (χ4n) is 2.03. The zero-order chi connectivity index (χ0) is 15.5. The van der Waals surface area contributed by atoms with Gasteiger partial charge >= 0.3 is 5.97 Å². The molecule has 0 aliphatic rings. The molecule has 0 fully saturated rings. The highest BCUT2D eigenvalue weighted by Gasteiger charge is 2.21. The Balaban J connectivity index is 2.21. The predicted molar refractivity (Wildman–Crippen MR) is 85.4 cm³/mol. The molecule has 1 aromatic heterocycles. The molecule has 2 aromatic rings. The third-order valence-electron chi connectivity index (χ3n) is 3.12. The van der Waals surface area contributed by atoms with E-state index in [0.29, 0.717) is 12.2 Å². The summed E-state index contributed by atoms with van der Waals surface area (Å²) >= 11 is 1.56. The zero-order valence-corrected chi connectivity index (χ0v) is 13.6. The lowest BCUT2D eigenvalue weighted by atomic mass is 9.86. The van der Waals surface area contributed by atoms with Crippen LogP contribution in [-0.2, 0) is 16.6 Å². The third-order valence-corrected chi connectivity index (χ3v) is 3.99. The smallest absolute Gasteiger partial charge is 0.316 e. The van der Waals surface area contributed by atoms with Crippen LogP contribution in [0.1, 0.15) is 31.2 Å². The van der Waals surface area contributed by atoms with Crippen molar-refractivity contribution in [1.82, 2.24) is 0 Å². The number of methoxy groups -OCH3 is 1. The van der Waals surface area contributed by atoms with Crippen molar-refractivity contribution >= 4 is 17.3 Å². The number of ether oxygens (including phenoxy) is 2. The minimum atomic E-state index is -0.242. The fraction of sp³-hybridized carbons (Fsp3) is 0.353. The summed E-state index contributed by atoms with van der Waals surface area (Å²) in [5, 5.41) is 1.95. The molecule has 1 aromatic carbocycles. The van der Waals surface area contributed by atoms with E-state index in [1.807, 2.05) is 29.6 Å². The second-order valence-electron chi connectivity index (χ2n) is 5.84. The highest BCUT2D eigenvalue weighted by Crippen LogP contribution is 2.34. The summed E-state index contributed by atoms with van der Waals surface area (Å²) in [6, 6.07) is 9.40. The number of carbonyl (C=O) groups excluding carboxylic acids is 1. The Morgan fingerprint density at radius 3 is 2.57 bits per heavy atom. The van der Waals surface area contributed by atoms with E-state index in [2.05, 4.69) is 20.8 Å². The topological polar surface area (TPSA) is 35.5 Å². The van der Waals surface area contributed by atoms with Crippen molar-refractivity contribution in [3.8, 4) is 11.5 Å². The molecule has 3 nitrogen and oxygen atoms in total. The molecular formula is C17H20O3S. The Hall–Kier alpha value is -1.81. The number of thiophene rings is 1. The molecule has 112 valence electrons. The van der Waals surface area contributed by atoms with Gasteiger partial charge in [-0.15, -0.1) is 11.3 Å². The maximum atomic E-state index is 12.1. The molecule has 2 rings (SSSR count). The van der Waals surface area contributed by atoms with E-state index in [4.69, 9.17) is 9.47 Å². The highest BCUT2D eigenvalue weighted by molar-refractivity contribution is 7.10. The molecule has 0 aliphatic heterocycles. The van der Waals surface area contributed by atoms with Gasteiger partial charge in [-0.3, -0.25) is 4.79 Å². The molecule has 0 amide bonds. The molecule has 0 atom stereocenters. The van der Waals surface area contributed by atoms with Crippen LogP contribution in [0.15, 0.2) is 35.7 Å². The predicted octanol–water partition coefficient (Wildman–Crippen LogP) is 4.20. The monoisotopic (exact) mass is 304 g/mol. The van der Waals surface area contributed by atoms with Crippen molar-refractivity contribution in [1.29, 1.82) is 0 Å². The molecule has 0 N–H and O–H groups in total. The Kier molecular flexibility index (Phi) is 4.68. The van der Waals surface area contributed by atoms with Gasteiger partial charge in [-0.25, -0.2) is 0 Å². The van der Waals surface area contributed by atoms with Crippen LogP contribution >= 0.6 is 11.3 Å². The van der Waals surface area contributed by atoms with E-state index < -0.39 is 0 Å². The summed E-state index contributed by atoms with van der Waals surface area (Å²) < 4.78 is 10.8. The van der Waals surface area contributed by atoms with E-state index in [1.165, 1.54) is 0 Å². The van der Waals surface area contributed by atoms with E-state index in [0.717, 1.165) is 16.2 Å². The van der Waals surface area contributed by atoms with Crippen LogP contribution in [-0.4, -0.2) is 13.1 Å². The maximum absolute atomic E-state index is 12.1. The lowest BCUT2D eigenvalue weighted by molar-refractivity contribution is -0.133. The van der Waals surface area contributed by atoms with Gasteiger partial charge in [-0.1, -0.05) is 26.8 Å². The summed E-state index contributed by atoms with van der Waals surface area (Å²) in [4.78, 5) is 13.1. The van der Waals surface area contributed by atoms with Gasteiger partial charge in [0.05, 0.1) is 13.5 Å². The highest BCUT2D eigenvalue weighted by atomic mass is 32.1. The van der Waals surface area contributed by atoms with Gasteiger partial charge in [-0.05, 0) is 35.1 Å².